The van der Waals surface area contributed by atoms with Crippen LogP contribution in [-0.4, -0.2) is 46.4 Å². The summed E-state index contributed by atoms with van der Waals surface area (Å²) in [6.45, 7) is 3.84. The number of imidazole rings is 1. The summed E-state index contributed by atoms with van der Waals surface area (Å²) in [5.41, 5.74) is 2.54. The number of nitrogens with one attached hydrogen (secondary N) is 1. The van der Waals surface area contributed by atoms with Crippen LogP contribution in [-0.2, 0) is 17.8 Å². The van der Waals surface area contributed by atoms with Crippen LogP contribution in [0.2, 0.25) is 5.02 Å². The highest BCUT2D eigenvalue weighted by atomic mass is 35.5. The number of unbranched alkanes of at least 4 members (excludes halogenated alkanes) is 3. The summed E-state index contributed by atoms with van der Waals surface area (Å²) >= 11 is 5.87. The Kier molecular flexibility index (Phi) is 9.31. The van der Waals surface area contributed by atoms with Gasteiger partial charge in [0.1, 0.15) is 12.4 Å². The van der Waals surface area contributed by atoms with Crippen LogP contribution in [0.3, 0.4) is 0 Å². The van der Waals surface area contributed by atoms with Crippen LogP contribution in [0.5, 0.6) is 0 Å². The highest BCUT2D eigenvalue weighted by molar-refractivity contribution is 6.30. The lowest BCUT2D eigenvalue weighted by Gasteiger charge is -2.18. The Morgan fingerprint density at radius 3 is 2.55 bits per heavy atom. The Morgan fingerprint density at radius 1 is 1.03 bits per heavy atom. The minimum Gasteiger partial charge on any atom is -0.352 e. The second kappa shape index (κ2) is 12.4. The predicted octanol–water partition coefficient (Wildman–Crippen LogP) is 5.09. The van der Waals surface area contributed by atoms with Crippen LogP contribution in [0, 0.1) is 0 Å². The van der Waals surface area contributed by atoms with Gasteiger partial charge in [-0.1, -0.05) is 43.5 Å². The van der Waals surface area contributed by atoms with E-state index in [0.717, 1.165) is 61.9 Å². The Hall–Kier alpha value is -2.86. The molecular weight excluding hydrogens is 436 g/mol. The molecule has 1 aromatic heterocycles. The number of hydrogen-bond acceptors (Lipinski definition) is 3. The number of hydrogen-bond donors (Lipinski definition) is 1. The molecule has 0 bridgehead atoms. The van der Waals surface area contributed by atoms with Gasteiger partial charge in [-0.2, -0.15) is 0 Å². The number of fused-ring (bicyclic) bond motifs is 1. The first-order valence-electron chi connectivity index (χ1n) is 11.7. The minimum atomic E-state index is -0.0841. The number of amides is 2. The molecule has 6 nitrogen and oxygen atoms in total. The van der Waals surface area contributed by atoms with E-state index in [1.54, 1.807) is 24.3 Å². The molecule has 0 fully saturated rings. The topological polar surface area (TPSA) is 67.2 Å². The van der Waals surface area contributed by atoms with Gasteiger partial charge in [-0.3, -0.25) is 9.59 Å². The number of halogens is 1. The number of rotatable bonds is 12. The van der Waals surface area contributed by atoms with Crippen molar-refractivity contribution >= 4 is 34.4 Å². The molecule has 0 saturated heterocycles. The summed E-state index contributed by atoms with van der Waals surface area (Å²) in [5.74, 6) is 0.968. The van der Waals surface area contributed by atoms with Crippen LogP contribution >= 0.6 is 11.6 Å². The fourth-order valence-electron chi connectivity index (χ4n) is 3.76. The van der Waals surface area contributed by atoms with Crippen molar-refractivity contribution in [1.82, 2.24) is 19.8 Å². The SMILES string of the molecule is CCCCN(C)C(=O)Cn1c(CCCCCNC(=O)c2ccc(Cl)cc2)nc2ccccc21. The molecule has 0 unspecified atom stereocenters. The monoisotopic (exact) mass is 468 g/mol. The molecule has 0 radical (unpaired) electrons. The Bertz CT molecular complexity index is 1060. The van der Waals surface area contributed by atoms with Gasteiger partial charge in [-0.15, -0.1) is 0 Å². The van der Waals surface area contributed by atoms with Crippen molar-refractivity contribution in [2.45, 2.75) is 52.0 Å². The lowest BCUT2D eigenvalue weighted by Crippen LogP contribution is -2.31. The van der Waals surface area contributed by atoms with E-state index in [1.807, 2.05) is 36.2 Å². The van der Waals surface area contributed by atoms with Crippen molar-refractivity contribution in [2.75, 3.05) is 20.1 Å². The standard InChI is InChI=1S/C26H33ClN4O2/c1-3-4-18-30(2)25(32)19-31-23-11-8-7-10-22(23)29-24(31)12-6-5-9-17-28-26(33)20-13-15-21(27)16-14-20/h7-8,10-11,13-16H,3-6,9,12,17-19H2,1-2H3,(H,28,33). The van der Waals surface area contributed by atoms with Gasteiger partial charge in [0.2, 0.25) is 5.91 Å². The average molecular weight is 469 g/mol. The summed E-state index contributed by atoms with van der Waals surface area (Å²) < 4.78 is 2.06. The first kappa shape index (κ1) is 24.8. The van der Waals surface area contributed by atoms with E-state index in [-0.39, 0.29) is 11.8 Å². The van der Waals surface area contributed by atoms with Gasteiger partial charge in [0.25, 0.3) is 5.91 Å². The number of benzene rings is 2. The number of aromatic nitrogens is 2. The second-order valence-electron chi connectivity index (χ2n) is 8.35. The van der Waals surface area contributed by atoms with Crippen LogP contribution < -0.4 is 5.32 Å². The Morgan fingerprint density at radius 2 is 1.79 bits per heavy atom. The van der Waals surface area contributed by atoms with Crippen LogP contribution in [0.4, 0.5) is 0 Å². The summed E-state index contributed by atoms with van der Waals surface area (Å²) in [4.78, 5) is 31.5. The Balaban J connectivity index is 1.51. The maximum atomic E-state index is 12.8. The molecule has 33 heavy (non-hydrogen) atoms. The smallest absolute Gasteiger partial charge is 0.251 e. The van der Waals surface area contributed by atoms with Gasteiger partial charge in [0.15, 0.2) is 0 Å². The van der Waals surface area contributed by atoms with Gasteiger partial charge in [-0.05, 0) is 55.7 Å². The fraction of sp³-hybridized carbons (Fsp3) is 0.423. The lowest BCUT2D eigenvalue weighted by atomic mass is 10.1. The Labute approximate surface area is 200 Å². The largest absolute Gasteiger partial charge is 0.352 e. The second-order valence-corrected chi connectivity index (χ2v) is 8.78. The van der Waals surface area contributed by atoms with Crippen molar-refractivity contribution < 1.29 is 9.59 Å². The van der Waals surface area contributed by atoms with Gasteiger partial charge in [0.05, 0.1) is 11.0 Å². The number of para-hydroxylation sites is 2. The number of carbonyl (C=O) groups excluding carboxylic acids is 2. The first-order valence-corrected chi connectivity index (χ1v) is 12.1. The zero-order valence-corrected chi connectivity index (χ0v) is 20.3. The molecule has 176 valence electrons. The van der Waals surface area contributed by atoms with E-state index in [1.165, 1.54) is 0 Å². The van der Waals surface area contributed by atoms with E-state index in [4.69, 9.17) is 16.6 Å². The lowest BCUT2D eigenvalue weighted by molar-refractivity contribution is -0.130. The predicted molar refractivity (Wildman–Crippen MR) is 134 cm³/mol. The van der Waals surface area contributed by atoms with E-state index in [9.17, 15) is 9.59 Å². The van der Waals surface area contributed by atoms with Crippen molar-refractivity contribution in [1.29, 1.82) is 0 Å². The quantitative estimate of drug-likeness (QED) is 0.376. The van der Waals surface area contributed by atoms with Crippen molar-refractivity contribution in [3.8, 4) is 0 Å². The molecule has 3 aromatic rings. The third-order valence-electron chi connectivity index (χ3n) is 5.77. The number of nitrogens with zero attached hydrogens (tertiary/aromatic N) is 3. The fourth-order valence-corrected chi connectivity index (χ4v) is 3.88. The van der Waals surface area contributed by atoms with Crippen LogP contribution in [0.15, 0.2) is 48.5 Å². The third kappa shape index (κ3) is 7.06. The molecular formula is C26H33ClN4O2. The molecule has 7 heteroatoms. The molecule has 2 aromatic carbocycles. The van der Waals surface area contributed by atoms with E-state index in [2.05, 4.69) is 16.8 Å². The molecule has 1 N–H and O–H groups in total. The number of likely N-dealkylation sites (N-methyl/N-ethyl adjacent to an activating group) is 1. The van der Waals surface area contributed by atoms with Crippen molar-refractivity contribution in [3.63, 3.8) is 0 Å². The van der Waals surface area contributed by atoms with E-state index < -0.39 is 0 Å². The normalized spacial score (nSPS) is 11.0. The highest BCUT2D eigenvalue weighted by Gasteiger charge is 2.15. The summed E-state index contributed by atoms with van der Waals surface area (Å²) in [6.07, 6.45) is 5.67. The maximum absolute atomic E-state index is 12.8. The minimum absolute atomic E-state index is 0.0841. The molecule has 0 saturated carbocycles. The summed E-state index contributed by atoms with van der Waals surface area (Å²) in [6, 6.07) is 14.9. The molecule has 0 aliphatic carbocycles. The molecule has 0 aliphatic heterocycles. The highest BCUT2D eigenvalue weighted by Crippen LogP contribution is 2.18. The molecule has 2 amide bonds. The molecule has 0 atom stereocenters. The summed E-state index contributed by atoms with van der Waals surface area (Å²) in [7, 11) is 1.87. The number of aryl methyl sites for hydroxylation is 1. The zero-order valence-electron chi connectivity index (χ0n) is 19.5. The van der Waals surface area contributed by atoms with Gasteiger partial charge < -0.3 is 14.8 Å². The van der Waals surface area contributed by atoms with Crippen molar-refractivity contribution in [2.24, 2.45) is 0 Å². The maximum Gasteiger partial charge on any atom is 0.251 e. The average Bonchev–Trinajstić information content (AvgIpc) is 3.17. The molecule has 3 rings (SSSR count). The third-order valence-corrected chi connectivity index (χ3v) is 6.02. The van der Waals surface area contributed by atoms with Gasteiger partial charge in [-0.25, -0.2) is 4.98 Å². The van der Waals surface area contributed by atoms with Crippen LogP contribution in [0.25, 0.3) is 11.0 Å². The van der Waals surface area contributed by atoms with E-state index >= 15 is 0 Å². The first-order chi connectivity index (χ1) is 16.0. The van der Waals surface area contributed by atoms with Crippen molar-refractivity contribution in [3.05, 3.63) is 64.9 Å². The van der Waals surface area contributed by atoms with E-state index in [0.29, 0.717) is 23.7 Å². The van der Waals surface area contributed by atoms with Gasteiger partial charge in [0, 0.05) is 37.1 Å². The number of carbonyl (C=O) groups is 2. The van der Waals surface area contributed by atoms with Gasteiger partial charge >= 0.3 is 0 Å². The molecule has 0 aliphatic rings. The molecule has 1 heterocycles. The van der Waals surface area contributed by atoms with Crippen LogP contribution in [0.1, 0.15) is 55.2 Å². The molecule has 0 spiro atoms. The zero-order chi connectivity index (χ0) is 23.6. The summed E-state index contributed by atoms with van der Waals surface area (Å²) in [5, 5.41) is 3.57.